The Labute approximate surface area is 132 Å². The highest BCUT2D eigenvalue weighted by atomic mass is 32.2. The lowest BCUT2D eigenvalue weighted by molar-refractivity contribution is -0.133. The molecule has 1 aliphatic rings. The second-order valence-electron chi connectivity index (χ2n) is 5.16. The van der Waals surface area contributed by atoms with Crippen molar-refractivity contribution in [2.75, 3.05) is 11.5 Å². The summed E-state index contributed by atoms with van der Waals surface area (Å²) in [7, 11) is 0. The number of rotatable bonds is 5. The van der Waals surface area contributed by atoms with Crippen LogP contribution < -0.4 is 0 Å². The van der Waals surface area contributed by atoms with Crippen molar-refractivity contribution in [3.05, 3.63) is 24.3 Å². The Morgan fingerprint density at radius 2 is 2.29 bits per heavy atom. The van der Waals surface area contributed by atoms with E-state index >= 15 is 0 Å². The van der Waals surface area contributed by atoms with E-state index in [4.69, 9.17) is 5.11 Å². The fraction of sp³-hybridized carbons (Fsp3) is 0.467. The molecule has 6 heteroatoms. The van der Waals surface area contributed by atoms with Gasteiger partial charge < -0.3 is 9.67 Å². The Hall–Kier alpha value is -1.14. The van der Waals surface area contributed by atoms with E-state index in [0.717, 1.165) is 22.7 Å². The fourth-order valence-electron chi connectivity index (χ4n) is 2.62. The van der Waals surface area contributed by atoms with Gasteiger partial charge in [-0.15, -0.1) is 0 Å². The number of para-hydroxylation sites is 2. The van der Waals surface area contributed by atoms with Crippen LogP contribution in [0, 0.1) is 0 Å². The molecule has 1 unspecified atom stereocenters. The Bertz CT molecular complexity index is 636. The lowest BCUT2D eigenvalue weighted by Crippen LogP contribution is -2.17. The van der Waals surface area contributed by atoms with Crippen molar-refractivity contribution in [1.82, 2.24) is 9.55 Å². The van der Waals surface area contributed by atoms with Crippen molar-refractivity contribution in [1.29, 1.82) is 0 Å². The number of carboxylic acid groups (broad SMARTS) is 1. The van der Waals surface area contributed by atoms with Gasteiger partial charge in [0, 0.05) is 11.8 Å². The van der Waals surface area contributed by atoms with Gasteiger partial charge >= 0.3 is 5.97 Å². The largest absolute Gasteiger partial charge is 0.481 e. The third-order valence-electron chi connectivity index (χ3n) is 3.60. The quantitative estimate of drug-likeness (QED) is 0.854. The maximum Gasteiger partial charge on any atom is 0.313 e. The maximum atomic E-state index is 10.8. The predicted molar refractivity (Wildman–Crippen MR) is 88.2 cm³/mol. The summed E-state index contributed by atoms with van der Waals surface area (Å²) in [6.07, 6.45) is 3.84. The summed E-state index contributed by atoms with van der Waals surface area (Å²) in [6, 6.07) is 8.05. The second-order valence-corrected chi connectivity index (χ2v) is 7.52. The molecule has 1 aliphatic heterocycles. The number of thioether (sulfide) groups is 2. The Balaban J connectivity index is 1.88. The van der Waals surface area contributed by atoms with E-state index in [9.17, 15) is 4.79 Å². The highest BCUT2D eigenvalue weighted by Gasteiger charge is 2.19. The summed E-state index contributed by atoms with van der Waals surface area (Å²) in [6.45, 7) is 0.924. The molecular weight excluding hydrogens is 304 g/mol. The van der Waals surface area contributed by atoms with Crippen LogP contribution in [0.1, 0.15) is 19.3 Å². The van der Waals surface area contributed by atoms with E-state index < -0.39 is 5.97 Å². The van der Waals surface area contributed by atoms with Gasteiger partial charge in [0.1, 0.15) is 0 Å². The van der Waals surface area contributed by atoms with E-state index in [1.54, 1.807) is 0 Å². The first-order valence-electron chi connectivity index (χ1n) is 7.15. The van der Waals surface area contributed by atoms with Gasteiger partial charge in [-0.3, -0.25) is 4.79 Å². The molecular formula is C15H18N2O2S2. The minimum absolute atomic E-state index is 0.0567. The molecule has 21 heavy (non-hydrogen) atoms. The van der Waals surface area contributed by atoms with E-state index in [0.29, 0.717) is 5.25 Å². The average molecular weight is 322 g/mol. The molecule has 0 amide bonds. The van der Waals surface area contributed by atoms with E-state index in [2.05, 4.69) is 15.6 Å². The molecule has 0 saturated carbocycles. The van der Waals surface area contributed by atoms with Crippen molar-refractivity contribution in [2.24, 2.45) is 0 Å². The number of aliphatic carboxylic acids is 1. The minimum Gasteiger partial charge on any atom is -0.481 e. The zero-order chi connectivity index (χ0) is 14.7. The van der Waals surface area contributed by atoms with Crippen molar-refractivity contribution < 1.29 is 9.90 Å². The highest BCUT2D eigenvalue weighted by Crippen LogP contribution is 2.30. The lowest BCUT2D eigenvalue weighted by atomic mass is 10.2. The smallest absolute Gasteiger partial charge is 0.313 e. The topological polar surface area (TPSA) is 55.1 Å². The minimum atomic E-state index is -0.800. The van der Waals surface area contributed by atoms with Crippen LogP contribution in [-0.4, -0.2) is 37.4 Å². The van der Waals surface area contributed by atoms with Crippen LogP contribution in [0.15, 0.2) is 29.4 Å². The first-order chi connectivity index (χ1) is 10.2. The molecule has 2 aromatic rings. The van der Waals surface area contributed by atoms with Crippen LogP contribution >= 0.6 is 23.5 Å². The van der Waals surface area contributed by atoms with E-state index in [1.165, 1.54) is 36.8 Å². The third-order valence-corrected chi connectivity index (χ3v) is 5.95. The molecule has 1 fully saturated rings. The summed E-state index contributed by atoms with van der Waals surface area (Å²) < 4.78 is 2.20. The van der Waals surface area contributed by atoms with Gasteiger partial charge in [0.2, 0.25) is 0 Å². The molecule has 3 rings (SSSR count). The van der Waals surface area contributed by atoms with Crippen LogP contribution in [0.25, 0.3) is 11.0 Å². The molecule has 2 heterocycles. The van der Waals surface area contributed by atoms with Crippen LogP contribution in [-0.2, 0) is 11.3 Å². The Kier molecular flexibility index (Phi) is 4.75. The molecule has 1 atom stereocenters. The monoisotopic (exact) mass is 322 g/mol. The number of nitrogens with zero attached hydrogens (tertiary/aromatic N) is 2. The van der Waals surface area contributed by atoms with Gasteiger partial charge in [-0.2, -0.15) is 11.8 Å². The molecule has 0 spiro atoms. The number of fused-ring (bicyclic) bond motifs is 1. The molecule has 112 valence electrons. The normalized spacial score (nSPS) is 19.0. The molecule has 0 bridgehead atoms. The zero-order valence-corrected chi connectivity index (χ0v) is 13.3. The predicted octanol–water partition coefficient (Wildman–Crippen LogP) is 3.50. The van der Waals surface area contributed by atoms with Crippen molar-refractivity contribution in [2.45, 2.75) is 36.2 Å². The molecule has 0 aliphatic carbocycles. The van der Waals surface area contributed by atoms with Gasteiger partial charge in [0.05, 0.1) is 16.8 Å². The molecule has 1 N–H and O–H groups in total. The van der Waals surface area contributed by atoms with Crippen molar-refractivity contribution in [3.63, 3.8) is 0 Å². The Morgan fingerprint density at radius 1 is 1.43 bits per heavy atom. The van der Waals surface area contributed by atoms with Crippen LogP contribution in [0.5, 0.6) is 0 Å². The summed E-state index contributed by atoms with van der Waals surface area (Å²) in [4.78, 5) is 15.4. The fourth-order valence-corrected chi connectivity index (χ4v) is 4.66. The second kappa shape index (κ2) is 6.75. The molecule has 1 saturated heterocycles. The maximum absolute atomic E-state index is 10.8. The van der Waals surface area contributed by atoms with Gasteiger partial charge in [-0.1, -0.05) is 30.3 Å². The van der Waals surface area contributed by atoms with E-state index in [1.807, 2.05) is 30.0 Å². The summed E-state index contributed by atoms with van der Waals surface area (Å²) in [5.74, 6) is 0.487. The first kappa shape index (κ1) is 14.8. The van der Waals surface area contributed by atoms with Crippen LogP contribution in [0.4, 0.5) is 0 Å². The number of aromatic nitrogens is 2. The first-order valence-corrected chi connectivity index (χ1v) is 9.19. The summed E-state index contributed by atoms with van der Waals surface area (Å²) in [5.41, 5.74) is 2.06. The van der Waals surface area contributed by atoms with Crippen LogP contribution in [0.3, 0.4) is 0 Å². The number of carboxylic acids is 1. The molecule has 4 nitrogen and oxygen atoms in total. The highest BCUT2D eigenvalue weighted by molar-refractivity contribution is 8.00. The lowest BCUT2D eigenvalue weighted by Gasteiger charge is -2.22. The summed E-state index contributed by atoms with van der Waals surface area (Å²) >= 11 is 3.34. The Morgan fingerprint density at radius 3 is 3.05 bits per heavy atom. The van der Waals surface area contributed by atoms with Crippen molar-refractivity contribution >= 4 is 40.5 Å². The van der Waals surface area contributed by atoms with Gasteiger partial charge in [0.15, 0.2) is 5.16 Å². The molecule has 1 aromatic heterocycles. The van der Waals surface area contributed by atoms with E-state index in [-0.39, 0.29) is 5.75 Å². The average Bonchev–Trinajstić information content (AvgIpc) is 2.84. The molecule has 1 aromatic carbocycles. The van der Waals surface area contributed by atoms with Gasteiger partial charge in [-0.25, -0.2) is 4.98 Å². The zero-order valence-electron chi connectivity index (χ0n) is 11.7. The number of hydrogen-bond donors (Lipinski definition) is 1. The number of hydrogen-bond acceptors (Lipinski definition) is 4. The SMILES string of the molecule is O=C(O)CSc1nc2ccccc2n1CC1CCCCS1. The number of benzene rings is 1. The standard InChI is InChI=1S/C15H18N2O2S2/c18-14(19)10-21-15-16-12-6-1-2-7-13(12)17(15)9-11-5-3-4-8-20-11/h1-2,6-7,11H,3-5,8-10H2,(H,18,19). The number of carbonyl (C=O) groups is 1. The third kappa shape index (κ3) is 3.55. The van der Waals surface area contributed by atoms with Gasteiger partial charge in [-0.05, 0) is 30.7 Å². The van der Waals surface area contributed by atoms with Gasteiger partial charge in [0.25, 0.3) is 0 Å². The summed E-state index contributed by atoms with van der Waals surface area (Å²) in [5, 5.41) is 10.3. The number of imidazole rings is 1. The van der Waals surface area contributed by atoms with Crippen molar-refractivity contribution in [3.8, 4) is 0 Å². The van der Waals surface area contributed by atoms with Crippen LogP contribution in [0.2, 0.25) is 0 Å². The molecule has 0 radical (unpaired) electrons.